The zero-order chi connectivity index (χ0) is 13.0. The molecule has 0 bridgehead atoms. The fraction of sp³-hybridized carbons (Fsp3) is 0.500. The summed E-state index contributed by atoms with van der Waals surface area (Å²) in [6, 6.07) is 4.90. The van der Waals surface area contributed by atoms with Crippen LogP contribution in [0.25, 0.3) is 0 Å². The smallest absolute Gasteiger partial charge is 0.224 e. The Morgan fingerprint density at radius 1 is 1.00 bits per heavy atom. The Kier molecular flexibility index (Phi) is 3.87. The molecule has 1 heterocycles. The van der Waals surface area contributed by atoms with Crippen LogP contribution in [-0.4, -0.2) is 21.7 Å². The van der Waals surface area contributed by atoms with E-state index in [9.17, 15) is 14.7 Å². The fourth-order valence-corrected chi connectivity index (χ4v) is 2.30. The quantitative estimate of drug-likeness (QED) is 0.768. The fourth-order valence-electron chi connectivity index (χ4n) is 2.30. The van der Waals surface area contributed by atoms with Crippen LogP contribution in [0.2, 0.25) is 0 Å². The number of nitrogens with zero attached hydrogens (tertiary/aromatic N) is 1. The van der Waals surface area contributed by atoms with Gasteiger partial charge in [-0.3, -0.25) is 14.6 Å². The predicted octanol–water partition coefficient (Wildman–Crippen LogP) is 1.76. The second kappa shape index (κ2) is 5.40. The summed E-state index contributed by atoms with van der Waals surface area (Å²) < 4.78 is 0. The summed E-state index contributed by atoms with van der Waals surface area (Å²) >= 11 is 0. The van der Waals surface area contributed by atoms with Crippen molar-refractivity contribution in [1.82, 2.24) is 4.98 Å². The number of hydrogen-bond donors (Lipinski definition) is 1. The highest BCUT2D eigenvalue weighted by Gasteiger charge is 2.45. The number of Topliss-reactive ketones (excluding diaryl/α,β-unsaturated/α-hetero) is 2. The van der Waals surface area contributed by atoms with Gasteiger partial charge < -0.3 is 5.11 Å². The highest BCUT2D eigenvalue weighted by molar-refractivity contribution is 6.10. The Bertz CT molecular complexity index is 422. The maximum absolute atomic E-state index is 12.1. The van der Waals surface area contributed by atoms with E-state index in [1.807, 2.05) is 0 Å². The average Bonchev–Trinajstić information content (AvgIpc) is 2.46. The minimum Gasteiger partial charge on any atom is -0.370 e. The van der Waals surface area contributed by atoms with Gasteiger partial charge in [-0.15, -0.1) is 0 Å². The van der Waals surface area contributed by atoms with Crippen LogP contribution in [0.15, 0.2) is 24.4 Å². The molecule has 0 spiro atoms. The minimum atomic E-state index is -2.04. The third kappa shape index (κ3) is 2.34. The van der Waals surface area contributed by atoms with E-state index >= 15 is 0 Å². The number of ketones is 2. The third-order valence-electron chi connectivity index (χ3n) is 3.40. The van der Waals surface area contributed by atoms with Crippen molar-refractivity contribution in [3.63, 3.8) is 0 Å². The highest BCUT2D eigenvalue weighted by atomic mass is 16.3. The molecule has 0 aliphatic heterocycles. The van der Waals surface area contributed by atoms with Gasteiger partial charge in [-0.25, -0.2) is 0 Å². The first-order valence-corrected chi connectivity index (χ1v) is 6.36. The van der Waals surface area contributed by atoms with E-state index in [4.69, 9.17) is 0 Å². The molecular formula is C14H17NO3. The molecule has 1 aliphatic rings. The second-order valence-corrected chi connectivity index (χ2v) is 4.69. The molecule has 96 valence electrons. The SMILES string of the molecule is O=C1CCCCCCC(=O)C1(O)c1ccccn1. The molecule has 4 heteroatoms. The molecule has 18 heavy (non-hydrogen) atoms. The maximum Gasteiger partial charge on any atom is 0.224 e. The number of carbonyl (C=O) groups excluding carboxylic acids is 2. The van der Waals surface area contributed by atoms with Crippen molar-refractivity contribution in [2.75, 3.05) is 0 Å². The first-order valence-electron chi connectivity index (χ1n) is 6.36. The first-order chi connectivity index (χ1) is 8.65. The lowest BCUT2D eigenvalue weighted by Gasteiger charge is -2.24. The summed E-state index contributed by atoms with van der Waals surface area (Å²) in [6.45, 7) is 0. The molecule has 1 aliphatic carbocycles. The largest absolute Gasteiger partial charge is 0.370 e. The molecule has 1 saturated carbocycles. The van der Waals surface area contributed by atoms with Gasteiger partial charge in [0.05, 0.1) is 5.69 Å². The van der Waals surface area contributed by atoms with Crippen LogP contribution in [0, 0.1) is 0 Å². The van der Waals surface area contributed by atoms with Gasteiger partial charge in [0, 0.05) is 19.0 Å². The maximum atomic E-state index is 12.1. The van der Waals surface area contributed by atoms with Gasteiger partial charge in [0.2, 0.25) is 5.60 Å². The molecule has 0 amide bonds. The van der Waals surface area contributed by atoms with Crippen LogP contribution in [0.3, 0.4) is 0 Å². The van der Waals surface area contributed by atoms with E-state index in [2.05, 4.69) is 4.98 Å². The monoisotopic (exact) mass is 247 g/mol. The van der Waals surface area contributed by atoms with Crippen molar-refractivity contribution in [2.24, 2.45) is 0 Å². The zero-order valence-electron chi connectivity index (χ0n) is 10.3. The summed E-state index contributed by atoms with van der Waals surface area (Å²) in [7, 11) is 0. The number of carbonyl (C=O) groups is 2. The lowest BCUT2D eigenvalue weighted by Crippen LogP contribution is -2.44. The van der Waals surface area contributed by atoms with Crippen LogP contribution in [-0.2, 0) is 15.2 Å². The number of pyridine rings is 1. The van der Waals surface area contributed by atoms with Crippen LogP contribution in [0.5, 0.6) is 0 Å². The summed E-state index contributed by atoms with van der Waals surface area (Å²) in [4.78, 5) is 28.3. The summed E-state index contributed by atoms with van der Waals surface area (Å²) in [6.07, 6.45) is 5.26. The lowest BCUT2D eigenvalue weighted by molar-refractivity contribution is -0.152. The molecule has 0 atom stereocenters. The Morgan fingerprint density at radius 2 is 1.61 bits per heavy atom. The summed E-state index contributed by atoms with van der Waals surface area (Å²) in [5.74, 6) is -0.846. The average molecular weight is 247 g/mol. The lowest BCUT2D eigenvalue weighted by atomic mass is 9.85. The van der Waals surface area contributed by atoms with Crippen molar-refractivity contribution in [3.05, 3.63) is 30.1 Å². The molecule has 0 saturated heterocycles. The van der Waals surface area contributed by atoms with E-state index in [0.29, 0.717) is 0 Å². The molecule has 0 unspecified atom stereocenters. The van der Waals surface area contributed by atoms with Gasteiger partial charge in [0.15, 0.2) is 11.6 Å². The van der Waals surface area contributed by atoms with Gasteiger partial charge in [0.1, 0.15) is 0 Å². The van der Waals surface area contributed by atoms with Crippen molar-refractivity contribution in [2.45, 2.75) is 44.1 Å². The van der Waals surface area contributed by atoms with Crippen LogP contribution >= 0.6 is 0 Å². The van der Waals surface area contributed by atoms with Gasteiger partial charge >= 0.3 is 0 Å². The molecule has 0 radical (unpaired) electrons. The molecular weight excluding hydrogens is 230 g/mol. The topological polar surface area (TPSA) is 67.3 Å². The van der Waals surface area contributed by atoms with Crippen molar-refractivity contribution in [1.29, 1.82) is 0 Å². The number of aromatic nitrogens is 1. The van der Waals surface area contributed by atoms with Gasteiger partial charge in [-0.05, 0) is 25.0 Å². The predicted molar refractivity (Wildman–Crippen MR) is 65.8 cm³/mol. The first kappa shape index (κ1) is 12.9. The van der Waals surface area contributed by atoms with Crippen LogP contribution < -0.4 is 0 Å². The number of rotatable bonds is 1. The van der Waals surface area contributed by atoms with E-state index in [-0.39, 0.29) is 18.5 Å². The minimum absolute atomic E-state index is 0.155. The third-order valence-corrected chi connectivity index (χ3v) is 3.40. The van der Waals surface area contributed by atoms with E-state index in [0.717, 1.165) is 25.7 Å². The highest BCUT2D eigenvalue weighted by Crippen LogP contribution is 2.28. The van der Waals surface area contributed by atoms with Crippen LogP contribution in [0.4, 0.5) is 0 Å². The van der Waals surface area contributed by atoms with Crippen molar-refractivity contribution < 1.29 is 14.7 Å². The van der Waals surface area contributed by atoms with E-state index < -0.39 is 17.2 Å². The number of aliphatic hydroxyl groups is 1. The summed E-state index contributed by atoms with van der Waals surface area (Å²) in [5.41, 5.74) is -1.88. The molecule has 1 N–H and O–H groups in total. The van der Waals surface area contributed by atoms with Gasteiger partial charge in [0.25, 0.3) is 0 Å². The number of hydrogen-bond acceptors (Lipinski definition) is 4. The second-order valence-electron chi connectivity index (χ2n) is 4.69. The molecule has 2 rings (SSSR count). The Morgan fingerprint density at radius 3 is 2.11 bits per heavy atom. The molecule has 1 fully saturated rings. The van der Waals surface area contributed by atoms with Crippen LogP contribution in [0.1, 0.15) is 44.2 Å². The van der Waals surface area contributed by atoms with Crippen molar-refractivity contribution >= 4 is 11.6 Å². The standard InChI is InChI=1S/C14H17NO3/c16-12-8-3-1-2-4-9-13(17)14(12,18)11-7-5-6-10-15-11/h5-7,10,18H,1-4,8-9H2. The Balaban J connectivity index is 2.40. The normalized spacial score (nSPS) is 20.9. The molecule has 0 aromatic carbocycles. The van der Waals surface area contributed by atoms with Crippen molar-refractivity contribution in [3.8, 4) is 0 Å². The summed E-state index contributed by atoms with van der Waals surface area (Å²) in [5, 5.41) is 10.5. The molecule has 1 aromatic heterocycles. The Hall–Kier alpha value is -1.55. The van der Waals surface area contributed by atoms with E-state index in [1.165, 1.54) is 12.3 Å². The Labute approximate surface area is 106 Å². The van der Waals surface area contributed by atoms with Gasteiger partial charge in [-0.1, -0.05) is 18.9 Å². The molecule has 4 nitrogen and oxygen atoms in total. The molecule has 1 aromatic rings. The zero-order valence-corrected chi connectivity index (χ0v) is 10.3. The van der Waals surface area contributed by atoms with E-state index in [1.54, 1.807) is 12.1 Å². The van der Waals surface area contributed by atoms with Gasteiger partial charge in [-0.2, -0.15) is 0 Å².